The number of nitrogens with zero attached hydrogens (tertiary/aromatic N) is 2. The molecule has 3 aliphatic rings. The van der Waals surface area contributed by atoms with Crippen molar-refractivity contribution in [2.45, 2.75) is 82.0 Å². The lowest BCUT2D eigenvalue weighted by Gasteiger charge is -2.35. The average Bonchev–Trinajstić information content (AvgIpc) is 3.50. The van der Waals surface area contributed by atoms with Crippen LogP contribution in [0, 0.1) is 5.92 Å². The van der Waals surface area contributed by atoms with E-state index in [1.165, 1.54) is 0 Å². The molecule has 0 bridgehead atoms. The lowest BCUT2D eigenvalue weighted by Crippen LogP contribution is -2.57. The number of rotatable bonds is 8. The number of halogens is 1. The number of aliphatic hydroxyl groups is 1. The van der Waals surface area contributed by atoms with Crippen molar-refractivity contribution in [2.75, 3.05) is 19.8 Å². The highest BCUT2D eigenvalue weighted by molar-refractivity contribution is 6.30. The smallest absolute Gasteiger partial charge is 0.246 e. The van der Waals surface area contributed by atoms with Gasteiger partial charge in [-0.05, 0) is 56.2 Å². The molecule has 35 heavy (non-hydrogen) atoms. The van der Waals surface area contributed by atoms with Crippen molar-refractivity contribution in [3.8, 4) is 0 Å². The van der Waals surface area contributed by atoms with Crippen LogP contribution in [0.4, 0.5) is 0 Å². The number of carbonyl (C=O) groups is 2. The van der Waals surface area contributed by atoms with Crippen LogP contribution < -0.4 is 11.1 Å². The second-order valence-corrected chi connectivity index (χ2v) is 10.7. The number of benzene rings is 1. The molecule has 0 radical (unpaired) electrons. The molecule has 1 aliphatic carbocycles. The number of likely N-dealkylation sites (tertiary alicyclic amines) is 1. The zero-order chi connectivity index (χ0) is 25.0. The van der Waals surface area contributed by atoms with E-state index in [1.807, 2.05) is 29.2 Å². The molecule has 2 amide bonds. The SMILES string of the molecule is CC(N)C(=O)NC(C(=O)N1CCCC1C1=NC(CO)(Cc2cccc(Cl)c2)CO1)C1CCCCC1. The fourth-order valence-corrected chi connectivity index (χ4v) is 5.74. The predicted molar refractivity (Wildman–Crippen MR) is 135 cm³/mol. The molecule has 1 aromatic carbocycles. The molecule has 4 rings (SSSR count). The van der Waals surface area contributed by atoms with Gasteiger partial charge in [0.15, 0.2) is 0 Å². The van der Waals surface area contributed by atoms with Crippen molar-refractivity contribution >= 4 is 29.3 Å². The number of hydrogen-bond donors (Lipinski definition) is 3. The Kier molecular flexibility index (Phi) is 8.34. The molecule has 0 aromatic heterocycles. The summed E-state index contributed by atoms with van der Waals surface area (Å²) in [5.74, 6) is 0.204. The predicted octanol–water partition coefficient (Wildman–Crippen LogP) is 2.45. The van der Waals surface area contributed by atoms with Gasteiger partial charge in [-0.15, -0.1) is 0 Å². The monoisotopic (exact) mass is 504 g/mol. The summed E-state index contributed by atoms with van der Waals surface area (Å²) in [7, 11) is 0. The van der Waals surface area contributed by atoms with E-state index in [-0.39, 0.29) is 37.0 Å². The molecule has 1 aromatic rings. The van der Waals surface area contributed by atoms with Gasteiger partial charge in [0.2, 0.25) is 17.7 Å². The molecule has 1 saturated heterocycles. The fraction of sp³-hybridized carbons (Fsp3) is 0.654. The molecule has 9 heteroatoms. The van der Waals surface area contributed by atoms with Crippen molar-refractivity contribution < 1.29 is 19.4 Å². The standard InChI is InChI=1S/C26H37ClN4O4/c1-17(28)23(33)29-22(19-8-3-2-4-9-19)25(34)31-12-6-11-21(31)24-30-26(15-32,16-35-24)14-18-7-5-10-20(27)13-18/h5,7,10,13,17,19,21-22,32H,2-4,6,8-9,11-12,14-16,28H2,1H3,(H,29,33). The number of aliphatic hydroxyl groups excluding tert-OH is 1. The maximum atomic E-state index is 13.8. The Labute approximate surface area is 212 Å². The molecular formula is C26H37ClN4O4. The highest BCUT2D eigenvalue weighted by atomic mass is 35.5. The Morgan fingerprint density at radius 1 is 1.29 bits per heavy atom. The van der Waals surface area contributed by atoms with Gasteiger partial charge < -0.3 is 25.8 Å². The van der Waals surface area contributed by atoms with E-state index < -0.39 is 17.6 Å². The Morgan fingerprint density at radius 2 is 2.06 bits per heavy atom. The van der Waals surface area contributed by atoms with Crippen LogP contribution >= 0.6 is 11.6 Å². The average molecular weight is 505 g/mol. The van der Waals surface area contributed by atoms with E-state index in [2.05, 4.69) is 5.32 Å². The summed E-state index contributed by atoms with van der Waals surface area (Å²) in [6, 6.07) is 5.95. The molecule has 4 atom stereocenters. The number of carbonyl (C=O) groups excluding carboxylic acids is 2. The number of aliphatic imine (C=N–C) groups is 1. The van der Waals surface area contributed by atoms with Crippen LogP contribution in [0.5, 0.6) is 0 Å². The number of nitrogens with one attached hydrogen (secondary N) is 1. The van der Waals surface area contributed by atoms with E-state index in [0.717, 1.165) is 50.5 Å². The first-order valence-corrected chi connectivity index (χ1v) is 13.1. The van der Waals surface area contributed by atoms with Gasteiger partial charge in [-0.25, -0.2) is 4.99 Å². The molecule has 4 unspecified atom stereocenters. The fourth-order valence-electron chi connectivity index (χ4n) is 5.53. The molecule has 1 saturated carbocycles. The Balaban J connectivity index is 1.53. The summed E-state index contributed by atoms with van der Waals surface area (Å²) in [6.45, 7) is 2.30. The number of amides is 2. The van der Waals surface area contributed by atoms with Gasteiger partial charge >= 0.3 is 0 Å². The topological polar surface area (TPSA) is 117 Å². The van der Waals surface area contributed by atoms with E-state index in [1.54, 1.807) is 6.92 Å². The van der Waals surface area contributed by atoms with Crippen molar-refractivity contribution in [3.05, 3.63) is 34.9 Å². The van der Waals surface area contributed by atoms with Crippen LogP contribution in [0.2, 0.25) is 5.02 Å². The van der Waals surface area contributed by atoms with E-state index >= 15 is 0 Å². The summed E-state index contributed by atoms with van der Waals surface area (Å²) in [4.78, 5) is 33.0. The second-order valence-electron chi connectivity index (χ2n) is 10.3. The van der Waals surface area contributed by atoms with Gasteiger partial charge in [-0.2, -0.15) is 0 Å². The molecule has 8 nitrogen and oxygen atoms in total. The molecule has 2 fully saturated rings. The largest absolute Gasteiger partial charge is 0.477 e. The third-order valence-electron chi connectivity index (χ3n) is 7.47. The number of hydrogen-bond acceptors (Lipinski definition) is 6. The van der Waals surface area contributed by atoms with Crippen LogP contribution in [0.15, 0.2) is 29.3 Å². The summed E-state index contributed by atoms with van der Waals surface area (Å²) < 4.78 is 6.03. The van der Waals surface area contributed by atoms with Gasteiger partial charge in [-0.3, -0.25) is 9.59 Å². The van der Waals surface area contributed by atoms with Crippen LogP contribution in [-0.4, -0.2) is 71.1 Å². The van der Waals surface area contributed by atoms with E-state index in [9.17, 15) is 14.7 Å². The Bertz CT molecular complexity index is 949. The van der Waals surface area contributed by atoms with E-state index in [0.29, 0.717) is 23.9 Å². The quantitative estimate of drug-likeness (QED) is 0.502. The molecular weight excluding hydrogens is 468 g/mol. The minimum atomic E-state index is -0.802. The maximum absolute atomic E-state index is 13.8. The summed E-state index contributed by atoms with van der Waals surface area (Å²) in [5.41, 5.74) is 5.97. The van der Waals surface area contributed by atoms with Gasteiger partial charge in [-0.1, -0.05) is 43.0 Å². The van der Waals surface area contributed by atoms with Crippen molar-refractivity contribution in [2.24, 2.45) is 16.6 Å². The second kappa shape index (κ2) is 11.3. The zero-order valence-corrected chi connectivity index (χ0v) is 21.2. The third kappa shape index (κ3) is 5.98. The van der Waals surface area contributed by atoms with Gasteiger partial charge in [0.25, 0.3) is 0 Å². The number of ether oxygens (including phenoxy) is 1. The first-order valence-electron chi connectivity index (χ1n) is 12.8. The van der Waals surface area contributed by atoms with Crippen molar-refractivity contribution in [1.29, 1.82) is 0 Å². The molecule has 4 N–H and O–H groups in total. The van der Waals surface area contributed by atoms with Crippen LogP contribution in [-0.2, 0) is 20.7 Å². The van der Waals surface area contributed by atoms with Gasteiger partial charge in [0, 0.05) is 18.0 Å². The van der Waals surface area contributed by atoms with Gasteiger partial charge in [0.1, 0.15) is 24.2 Å². The molecule has 2 aliphatic heterocycles. The number of nitrogens with two attached hydrogens (primary N) is 1. The van der Waals surface area contributed by atoms with Gasteiger partial charge in [0.05, 0.1) is 12.6 Å². The van der Waals surface area contributed by atoms with Crippen LogP contribution in [0.25, 0.3) is 0 Å². The lowest BCUT2D eigenvalue weighted by molar-refractivity contribution is -0.138. The third-order valence-corrected chi connectivity index (χ3v) is 7.71. The highest BCUT2D eigenvalue weighted by Gasteiger charge is 2.45. The molecule has 2 heterocycles. The highest BCUT2D eigenvalue weighted by Crippen LogP contribution is 2.32. The van der Waals surface area contributed by atoms with Crippen molar-refractivity contribution in [1.82, 2.24) is 10.2 Å². The maximum Gasteiger partial charge on any atom is 0.246 e. The minimum Gasteiger partial charge on any atom is -0.477 e. The zero-order valence-electron chi connectivity index (χ0n) is 20.4. The first-order chi connectivity index (χ1) is 16.8. The van der Waals surface area contributed by atoms with Crippen LogP contribution in [0.3, 0.4) is 0 Å². The lowest BCUT2D eigenvalue weighted by atomic mass is 9.83. The van der Waals surface area contributed by atoms with E-state index in [4.69, 9.17) is 27.1 Å². The molecule has 192 valence electrons. The first kappa shape index (κ1) is 25.9. The summed E-state index contributed by atoms with van der Waals surface area (Å²) in [5, 5.41) is 13.8. The normalized spacial score (nSPS) is 26.7. The Morgan fingerprint density at radius 3 is 2.74 bits per heavy atom. The molecule has 0 spiro atoms. The Hall–Kier alpha value is -2.16. The summed E-state index contributed by atoms with van der Waals surface area (Å²) >= 11 is 6.14. The minimum absolute atomic E-state index is 0.0870. The summed E-state index contributed by atoms with van der Waals surface area (Å²) in [6.07, 6.45) is 7.17. The van der Waals surface area contributed by atoms with Crippen LogP contribution in [0.1, 0.15) is 57.4 Å². The van der Waals surface area contributed by atoms with Crippen molar-refractivity contribution in [3.63, 3.8) is 0 Å².